The van der Waals surface area contributed by atoms with Crippen molar-refractivity contribution < 1.29 is 4.74 Å². The highest BCUT2D eigenvalue weighted by Crippen LogP contribution is 2.39. The van der Waals surface area contributed by atoms with E-state index < -0.39 is 0 Å². The first-order chi connectivity index (χ1) is 9.79. The van der Waals surface area contributed by atoms with Crippen molar-refractivity contribution in [3.8, 4) is 5.75 Å². The topological polar surface area (TPSA) is 38.5 Å². The lowest BCUT2D eigenvalue weighted by molar-refractivity contribution is 0.119. The third-order valence-corrected chi connectivity index (χ3v) is 4.40. The van der Waals surface area contributed by atoms with Crippen LogP contribution in [0.25, 0.3) is 0 Å². The van der Waals surface area contributed by atoms with Gasteiger partial charge in [0.05, 0.1) is 12.6 Å². The number of ether oxygens (including phenoxy) is 1. The van der Waals surface area contributed by atoms with Gasteiger partial charge in [-0.25, -0.2) is 0 Å². The summed E-state index contributed by atoms with van der Waals surface area (Å²) in [5.41, 5.74) is 7.77. The molecule has 3 nitrogen and oxygen atoms in total. The van der Waals surface area contributed by atoms with Crippen molar-refractivity contribution in [3.05, 3.63) is 29.8 Å². The van der Waals surface area contributed by atoms with E-state index in [0.29, 0.717) is 6.04 Å². The van der Waals surface area contributed by atoms with E-state index in [1.165, 1.54) is 31.4 Å². The van der Waals surface area contributed by atoms with Crippen LogP contribution in [0.4, 0.5) is 0 Å². The molecule has 0 bridgehead atoms. The molecule has 0 amide bonds. The molecule has 1 aromatic carbocycles. The van der Waals surface area contributed by atoms with E-state index in [2.05, 4.69) is 36.1 Å². The van der Waals surface area contributed by atoms with Gasteiger partial charge in [-0.15, -0.1) is 0 Å². The molecule has 3 heteroatoms. The molecule has 2 fully saturated rings. The zero-order chi connectivity index (χ0) is 13.9. The van der Waals surface area contributed by atoms with Crippen LogP contribution < -0.4 is 10.5 Å². The van der Waals surface area contributed by atoms with Crippen molar-refractivity contribution in [3.63, 3.8) is 0 Å². The summed E-state index contributed by atoms with van der Waals surface area (Å²) in [6, 6.07) is 9.96. The van der Waals surface area contributed by atoms with Gasteiger partial charge in [-0.05, 0) is 56.3 Å². The molecule has 0 radical (unpaired) electrons. The number of benzene rings is 1. The van der Waals surface area contributed by atoms with E-state index in [-0.39, 0.29) is 6.04 Å². The van der Waals surface area contributed by atoms with Gasteiger partial charge in [0.25, 0.3) is 0 Å². The van der Waals surface area contributed by atoms with Gasteiger partial charge in [0.2, 0.25) is 0 Å². The molecule has 1 heterocycles. The Balaban J connectivity index is 1.80. The normalized spacial score (nSPS) is 27.5. The summed E-state index contributed by atoms with van der Waals surface area (Å²) in [7, 11) is 0. The maximum absolute atomic E-state index is 6.43. The fraction of sp³-hybridized carbons (Fsp3) is 0.647. The average Bonchev–Trinajstić information content (AvgIpc) is 3.29. The van der Waals surface area contributed by atoms with Gasteiger partial charge in [0, 0.05) is 12.1 Å². The van der Waals surface area contributed by atoms with Crippen LogP contribution in [0.1, 0.15) is 50.6 Å². The monoisotopic (exact) mass is 274 g/mol. The first-order valence-corrected chi connectivity index (χ1v) is 8.03. The maximum atomic E-state index is 6.43. The third kappa shape index (κ3) is 2.99. The zero-order valence-corrected chi connectivity index (χ0v) is 12.4. The summed E-state index contributed by atoms with van der Waals surface area (Å²) in [6.45, 7) is 4.12. The van der Waals surface area contributed by atoms with Crippen molar-refractivity contribution >= 4 is 0 Å². The zero-order valence-electron chi connectivity index (χ0n) is 12.4. The molecule has 20 heavy (non-hydrogen) atoms. The van der Waals surface area contributed by atoms with Crippen LogP contribution in [-0.4, -0.2) is 30.1 Å². The first-order valence-electron chi connectivity index (χ1n) is 8.03. The lowest BCUT2D eigenvalue weighted by atomic mass is 9.90. The van der Waals surface area contributed by atoms with Crippen molar-refractivity contribution in [1.29, 1.82) is 0 Å². The standard InChI is InChI=1S/C17H26N2O/c1-2-11-20-15-6-3-5-13(12-15)17-16(18)7-4-10-19(17)14-8-9-14/h3,5-6,12,14,16-17H,2,4,7-11,18H2,1H3. The minimum atomic E-state index is 0.255. The molecule has 2 N–H and O–H groups in total. The second-order valence-corrected chi connectivity index (χ2v) is 6.14. The molecule has 110 valence electrons. The van der Waals surface area contributed by atoms with Crippen LogP contribution in [0.15, 0.2) is 24.3 Å². The number of nitrogens with zero attached hydrogens (tertiary/aromatic N) is 1. The van der Waals surface area contributed by atoms with Gasteiger partial charge in [-0.3, -0.25) is 4.90 Å². The van der Waals surface area contributed by atoms with Gasteiger partial charge in [-0.1, -0.05) is 19.1 Å². The van der Waals surface area contributed by atoms with Crippen LogP contribution in [0, 0.1) is 0 Å². The molecule has 2 unspecified atom stereocenters. The van der Waals surface area contributed by atoms with Crippen LogP contribution >= 0.6 is 0 Å². The number of piperidine rings is 1. The predicted octanol–water partition coefficient (Wildman–Crippen LogP) is 3.10. The SMILES string of the molecule is CCCOc1cccc(C2C(N)CCCN2C2CC2)c1. The van der Waals surface area contributed by atoms with Crippen molar-refractivity contribution in [2.75, 3.05) is 13.2 Å². The van der Waals surface area contributed by atoms with Crippen molar-refractivity contribution in [2.45, 2.75) is 57.2 Å². The molecule has 1 saturated carbocycles. The lowest BCUT2D eigenvalue weighted by Crippen LogP contribution is -2.46. The third-order valence-electron chi connectivity index (χ3n) is 4.40. The minimum absolute atomic E-state index is 0.255. The number of hydrogen-bond donors (Lipinski definition) is 1. The van der Waals surface area contributed by atoms with E-state index in [1.54, 1.807) is 0 Å². The van der Waals surface area contributed by atoms with Crippen molar-refractivity contribution in [2.24, 2.45) is 5.73 Å². The Morgan fingerprint density at radius 3 is 2.90 bits per heavy atom. The molecule has 0 aromatic heterocycles. The minimum Gasteiger partial charge on any atom is -0.494 e. The van der Waals surface area contributed by atoms with Gasteiger partial charge < -0.3 is 10.5 Å². The highest BCUT2D eigenvalue weighted by Gasteiger charge is 2.39. The first kappa shape index (κ1) is 13.9. The molecular formula is C17H26N2O. The Kier molecular flexibility index (Phi) is 4.27. The molecule has 1 saturated heterocycles. The molecule has 2 aliphatic rings. The Bertz CT molecular complexity index is 444. The van der Waals surface area contributed by atoms with Gasteiger partial charge in [-0.2, -0.15) is 0 Å². The average molecular weight is 274 g/mol. The van der Waals surface area contributed by atoms with Crippen LogP contribution in [0.5, 0.6) is 5.75 Å². The predicted molar refractivity (Wildman–Crippen MR) is 81.9 cm³/mol. The molecule has 3 rings (SSSR count). The molecule has 1 aromatic rings. The molecule has 0 spiro atoms. The van der Waals surface area contributed by atoms with Crippen LogP contribution in [0.2, 0.25) is 0 Å². The summed E-state index contributed by atoms with van der Waals surface area (Å²) in [4.78, 5) is 2.63. The van der Waals surface area contributed by atoms with Crippen LogP contribution in [-0.2, 0) is 0 Å². The largest absolute Gasteiger partial charge is 0.494 e. The quantitative estimate of drug-likeness (QED) is 0.896. The summed E-state index contributed by atoms with van der Waals surface area (Å²) >= 11 is 0. The van der Waals surface area contributed by atoms with E-state index in [9.17, 15) is 0 Å². The Morgan fingerprint density at radius 1 is 1.30 bits per heavy atom. The molecule has 2 atom stereocenters. The summed E-state index contributed by atoms with van der Waals surface area (Å²) in [5, 5.41) is 0. The second-order valence-electron chi connectivity index (χ2n) is 6.14. The van der Waals surface area contributed by atoms with Gasteiger partial charge in [0.15, 0.2) is 0 Å². The van der Waals surface area contributed by atoms with Gasteiger partial charge in [0.1, 0.15) is 5.75 Å². The highest BCUT2D eigenvalue weighted by atomic mass is 16.5. The highest BCUT2D eigenvalue weighted by molar-refractivity contribution is 5.32. The molecule has 1 aliphatic heterocycles. The Morgan fingerprint density at radius 2 is 2.15 bits per heavy atom. The van der Waals surface area contributed by atoms with E-state index in [1.807, 2.05) is 0 Å². The molecular weight excluding hydrogens is 248 g/mol. The van der Waals surface area contributed by atoms with Crippen molar-refractivity contribution in [1.82, 2.24) is 4.90 Å². The van der Waals surface area contributed by atoms with E-state index in [0.717, 1.165) is 31.2 Å². The lowest BCUT2D eigenvalue weighted by Gasteiger charge is -2.40. The van der Waals surface area contributed by atoms with Gasteiger partial charge >= 0.3 is 0 Å². The number of rotatable bonds is 5. The Labute approximate surface area is 122 Å². The second kappa shape index (κ2) is 6.15. The fourth-order valence-electron chi connectivity index (χ4n) is 3.32. The maximum Gasteiger partial charge on any atom is 0.119 e. The summed E-state index contributed by atoms with van der Waals surface area (Å²) in [5.74, 6) is 0.984. The smallest absolute Gasteiger partial charge is 0.119 e. The molecule has 1 aliphatic carbocycles. The summed E-state index contributed by atoms with van der Waals surface area (Å²) in [6.07, 6.45) is 6.10. The van der Waals surface area contributed by atoms with E-state index in [4.69, 9.17) is 10.5 Å². The van der Waals surface area contributed by atoms with Crippen LogP contribution in [0.3, 0.4) is 0 Å². The fourth-order valence-corrected chi connectivity index (χ4v) is 3.32. The van der Waals surface area contributed by atoms with E-state index >= 15 is 0 Å². The number of hydrogen-bond acceptors (Lipinski definition) is 3. The number of likely N-dealkylation sites (tertiary alicyclic amines) is 1. The summed E-state index contributed by atoms with van der Waals surface area (Å²) < 4.78 is 5.77. The Hall–Kier alpha value is -1.06. The number of nitrogens with two attached hydrogens (primary N) is 1.